The third-order valence-corrected chi connectivity index (χ3v) is 7.06. The van der Waals surface area contributed by atoms with E-state index in [1.165, 1.54) is 0 Å². The van der Waals surface area contributed by atoms with E-state index >= 15 is 4.39 Å². The maximum absolute atomic E-state index is 15.0. The summed E-state index contributed by atoms with van der Waals surface area (Å²) in [5, 5.41) is 3.07. The van der Waals surface area contributed by atoms with Crippen LogP contribution in [0.1, 0.15) is 60.3 Å². The summed E-state index contributed by atoms with van der Waals surface area (Å²) in [5.41, 5.74) is 6.73. The van der Waals surface area contributed by atoms with E-state index in [4.69, 9.17) is 0 Å². The molecule has 0 unspecified atom stereocenters. The second kappa shape index (κ2) is 8.10. The minimum absolute atomic E-state index is 0.0330. The number of H-pyrrole nitrogens is 1. The fraction of sp³-hybridized carbons (Fsp3) is 0.407. The highest BCUT2D eigenvalue weighted by molar-refractivity contribution is 5.99. The zero-order chi connectivity index (χ0) is 23.3. The number of fused-ring (bicyclic) bond motifs is 2. The highest BCUT2D eigenvalue weighted by Crippen LogP contribution is 2.40. The normalized spacial score (nSPS) is 17.2. The average molecular weight is 447 g/mol. The second-order valence-corrected chi connectivity index (χ2v) is 9.98. The summed E-state index contributed by atoms with van der Waals surface area (Å²) < 4.78 is 15.0. The summed E-state index contributed by atoms with van der Waals surface area (Å²) in [7, 11) is 2.10. The molecule has 172 valence electrons. The van der Waals surface area contributed by atoms with Crippen molar-refractivity contribution >= 4 is 5.91 Å². The molecule has 1 aromatic carbocycles. The number of hydrogen-bond donors (Lipinski definition) is 2. The van der Waals surface area contributed by atoms with Gasteiger partial charge >= 0.3 is 0 Å². The van der Waals surface area contributed by atoms with Crippen LogP contribution in [-0.4, -0.2) is 47.5 Å². The molecule has 0 bridgehead atoms. The van der Waals surface area contributed by atoms with Gasteiger partial charge in [-0.05, 0) is 54.8 Å². The third-order valence-electron chi connectivity index (χ3n) is 7.06. The molecule has 2 N–H and O–H groups in total. The molecule has 2 aromatic heterocycles. The van der Waals surface area contributed by atoms with Crippen molar-refractivity contribution in [1.82, 2.24) is 20.2 Å². The first kappa shape index (κ1) is 21.8. The molecular formula is C27H31FN4O. The molecule has 5 nitrogen and oxygen atoms in total. The lowest BCUT2D eigenvalue weighted by molar-refractivity contribution is 0.0689. The number of likely N-dealkylation sites (tertiary alicyclic amines) is 1. The van der Waals surface area contributed by atoms with Gasteiger partial charge in [0.1, 0.15) is 5.82 Å². The Balaban J connectivity index is 1.61. The van der Waals surface area contributed by atoms with Gasteiger partial charge in [-0.15, -0.1) is 0 Å². The first-order chi connectivity index (χ1) is 15.8. The topological polar surface area (TPSA) is 61.0 Å². The Hall–Kier alpha value is -2.99. The smallest absolute Gasteiger partial charge is 0.253 e. The first-order valence-corrected chi connectivity index (χ1v) is 11.8. The number of aromatic amines is 1. The standard InChI is InChI=1S/C27H31FN4O/c1-5-6-18-12-29-23(19-8-7-17(16(2)3)9-22(19)28)10-20(18)24-11-21-25(31-24)27(13-30-26(21)33)14-32(4)15-27/h7-12,16,31H,5-6,13-15H2,1-4H3,(H,30,33). The number of amides is 1. The average Bonchev–Trinajstić information content (AvgIpc) is 3.22. The Morgan fingerprint density at radius 2 is 1.94 bits per heavy atom. The van der Waals surface area contributed by atoms with Crippen molar-refractivity contribution in [3.05, 3.63) is 64.7 Å². The van der Waals surface area contributed by atoms with Crippen molar-refractivity contribution in [2.45, 2.75) is 44.9 Å². The molecular weight excluding hydrogens is 415 g/mol. The van der Waals surface area contributed by atoms with Gasteiger partial charge in [0, 0.05) is 48.3 Å². The summed E-state index contributed by atoms with van der Waals surface area (Å²) in [5.74, 6) is -0.0305. The van der Waals surface area contributed by atoms with E-state index < -0.39 is 0 Å². The number of likely N-dealkylation sites (N-methyl/N-ethyl adjacent to an activating group) is 1. The number of halogens is 1. The van der Waals surface area contributed by atoms with Crippen LogP contribution >= 0.6 is 0 Å². The Labute approximate surface area is 194 Å². The SMILES string of the molecule is CCCc1cnc(-c2ccc(C(C)C)cc2F)cc1-c1cc2c([nH]1)C1(CNC2=O)CN(C)C1. The lowest BCUT2D eigenvalue weighted by Crippen LogP contribution is -2.65. The molecule has 4 heterocycles. The van der Waals surface area contributed by atoms with Gasteiger partial charge in [0.05, 0.1) is 16.7 Å². The van der Waals surface area contributed by atoms with Crippen molar-refractivity contribution < 1.29 is 9.18 Å². The van der Waals surface area contributed by atoms with E-state index in [1.807, 2.05) is 30.5 Å². The summed E-state index contributed by atoms with van der Waals surface area (Å²) in [4.78, 5) is 23.1. The maximum atomic E-state index is 15.0. The minimum atomic E-state index is -0.260. The zero-order valence-electron chi connectivity index (χ0n) is 19.8. The summed E-state index contributed by atoms with van der Waals surface area (Å²) >= 11 is 0. The van der Waals surface area contributed by atoms with Gasteiger partial charge in [0.25, 0.3) is 5.91 Å². The molecule has 33 heavy (non-hydrogen) atoms. The van der Waals surface area contributed by atoms with Gasteiger partial charge in [-0.25, -0.2) is 4.39 Å². The molecule has 0 saturated carbocycles. The van der Waals surface area contributed by atoms with Gasteiger partial charge in [-0.1, -0.05) is 33.3 Å². The summed E-state index contributed by atoms with van der Waals surface area (Å²) in [6.45, 7) is 8.72. The van der Waals surface area contributed by atoms with E-state index in [-0.39, 0.29) is 23.1 Å². The number of rotatable bonds is 5. The van der Waals surface area contributed by atoms with E-state index in [0.717, 1.165) is 59.6 Å². The van der Waals surface area contributed by atoms with Crippen LogP contribution in [0.2, 0.25) is 0 Å². The molecule has 1 fully saturated rings. The number of nitrogens with zero attached hydrogens (tertiary/aromatic N) is 2. The fourth-order valence-corrected chi connectivity index (χ4v) is 5.34. The van der Waals surface area contributed by atoms with Crippen LogP contribution in [0.15, 0.2) is 36.5 Å². The van der Waals surface area contributed by atoms with E-state index in [1.54, 1.807) is 6.07 Å². The molecule has 0 atom stereocenters. The van der Waals surface area contributed by atoms with Gasteiger partial charge in [0.15, 0.2) is 0 Å². The van der Waals surface area contributed by atoms with Crippen molar-refractivity contribution in [3.63, 3.8) is 0 Å². The molecule has 5 rings (SSSR count). The summed E-state index contributed by atoms with van der Waals surface area (Å²) in [6.07, 6.45) is 3.69. The van der Waals surface area contributed by atoms with Gasteiger partial charge in [-0.2, -0.15) is 0 Å². The largest absolute Gasteiger partial charge is 0.357 e. The molecule has 2 aliphatic heterocycles. The molecule has 6 heteroatoms. The van der Waals surface area contributed by atoms with E-state index in [9.17, 15) is 4.79 Å². The number of aromatic nitrogens is 2. The van der Waals surface area contributed by atoms with Crippen LogP contribution in [0.3, 0.4) is 0 Å². The molecule has 2 aliphatic rings. The van der Waals surface area contributed by atoms with Crippen molar-refractivity contribution in [2.75, 3.05) is 26.7 Å². The van der Waals surface area contributed by atoms with E-state index in [2.05, 4.69) is 48.0 Å². The lowest BCUT2D eigenvalue weighted by Gasteiger charge is -2.50. The Kier molecular flexibility index (Phi) is 5.36. The number of nitrogens with one attached hydrogen (secondary N) is 2. The van der Waals surface area contributed by atoms with Crippen molar-refractivity contribution in [1.29, 1.82) is 0 Å². The minimum Gasteiger partial charge on any atom is -0.357 e. The highest BCUT2D eigenvalue weighted by atomic mass is 19.1. The molecule has 3 aromatic rings. The highest BCUT2D eigenvalue weighted by Gasteiger charge is 2.48. The van der Waals surface area contributed by atoms with E-state index in [0.29, 0.717) is 17.8 Å². The Morgan fingerprint density at radius 3 is 2.61 bits per heavy atom. The van der Waals surface area contributed by atoms with Crippen LogP contribution in [0, 0.1) is 5.82 Å². The van der Waals surface area contributed by atoms with Crippen LogP contribution in [0.5, 0.6) is 0 Å². The predicted molar refractivity (Wildman–Crippen MR) is 129 cm³/mol. The Morgan fingerprint density at radius 1 is 1.15 bits per heavy atom. The molecule has 1 saturated heterocycles. The quantitative estimate of drug-likeness (QED) is 0.587. The molecule has 1 amide bonds. The van der Waals surface area contributed by atoms with Crippen LogP contribution in [-0.2, 0) is 11.8 Å². The third kappa shape index (κ3) is 3.66. The maximum Gasteiger partial charge on any atom is 0.253 e. The van der Waals surface area contributed by atoms with Crippen LogP contribution in [0.25, 0.3) is 22.5 Å². The number of carbonyl (C=O) groups is 1. The van der Waals surface area contributed by atoms with Crippen LogP contribution in [0.4, 0.5) is 4.39 Å². The summed E-state index contributed by atoms with van der Waals surface area (Å²) in [6, 6.07) is 9.32. The Bertz CT molecular complexity index is 1220. The number of benzene rings is 1. The second-order valence-electron chi connectivity index (χ2n) is 9.98. The first-order valence-electron chi connectivity index (χ1n) is 11.8. The van der Waals surface area contributed by atoms with Gasteiger partial charge < -0.3 is 15.2 Å². The number of pyridine rings is 1. The van der Waals surface area contributed by atoms with Crippen molar-refractivity contribution in [2.24, 2.45) is 0 Å². The fourth-order valence-electron chi connectivity index (χ4n) is 5.34. The van der Waals surface area contributed by atoms with Gasteiger partial charge in [-0.3, -0.25) is 9.78 Å². The van der Waals surface area contributed by atoms with Crippen molar-refractivity contribution in [3.8, 4) is 22.5 Å². The zero-order valence-corrected chi connectivity index (χ0v) is 19.8. The molecule has 0 aliphatic carbocycles. The number of aryl methyl sites for hydroxylation is 1. The number of carbonyl (C=O) groups excluding carboxylic acids is 1. The number of hydrogen-bond acceptors (Lipinski definition) is 3. The monoisotopic (exact) mass is 446 g/mol. The lowest BCUT2D eigenvalue weighted by atomic mass is 9.74. The molecule has 0 radical (unpaired) electrons. The molecule has 1 spiro atoms. The van der Waals surface area contributed by atoms with Gasteiger partial charge in [0.2, 0.25) is 0 Å². The predicted octanol–water partition coefficient (Wildman–Crippen LogP) is 4.89. The van der Waals surface area contributed by atoms with Crippen LogP contribution < -0.4 is 5.32 Å².